The van der Waals surface area contributed by atoms with Gasteiger partial charge in [0.2, 0.25) is 0 Å². The third kappa shape index (κ3) is 4.63. The fourth-order valence-corrected chi connectivity index (χ4v) is 3.27. The molecule has 0 spiro atoms. The van der Waals surface area contributed by atoms with Gasteiger partial charge in [-0.05, 0) is 23.6 Å². The molecular formula is C22H17F13O. The normalized spacial score (nSPS) is 16.1. The lowest BCUT2D eigenvalue weighted by Gasteiger charge is -2.42. The number of alkyl halides is 13. The van der Waals surface area contributed by atoms with Crippen LogP contribution in [-0.4, -0.2) is 42.9 Å². The fraction of sp³-hybridized carbons (Fsp3) is 0.455. The molecule has 1 nitrogen and oxygen atoms in total. The molecule has 0 radical (unpaired) electrons. The smallest absolute Gasteiger partial charge is 0.374 e. The van der Waals surface area contributed by atoms with Crippen molar-refractivity contribution in [2.45, 2.75) is 54.7 Å². The quantitative estimate of drug-likeness (QED) is 0.289. The zero-order chi connectivity index (χ0) is 28.0. The molecule has 0 aliphatic heterocycles. The van der Waals surface area contributed by atoms with Crippen LogP contribution in [0.5, 0.6) is 0 Å². The summed E-state index contributed by atoms with van der Waals surface area (Å²) in [5.74, 6) is -37.2. The van der Waals surface area contributed by atoms with Gasteiger partial charge in [0.05, 0.1) is 12.0 Å². The van der Waals surface area contributed by atoms with Gasteiger partial charge < -0.3 is 4.74 Å². The Balaban J connectivity index is 2.46. The monoisotopic (exact) mass is 544 g/mol. The largest absolute Gasteiger partial charge is 0.460 e. The van der Waals surface area contributed by atoms with E-state index in [9.17, 15) is 57.1 Å². The summed E-state index contributed by atoms with van der Waals surface area (Å²) < 4.78 is 179. The standard InChI is InChI=1S/C22H17F13O/c1-16(36-2,15-10-8-14(9-11-15)13-6-4-3-5-7-13)12-17(23,24)18(25,26)19(27,28)20(29,30)21(31,32)22(33,34)35/h3-11H,12H2,1-2H3. The molecule has 1 atom stereocenters. The molecule has 0 bridgehead atoms. The van der Waals surface area contributed by atoms with E-state index < -0.39 is 47.8 Å². The summed E-state index contributed by atoms with van der Waals surface area (Å²) in [7, 11) is 0.684. The average Bonchev–Trinajstić information content (AvgIpc) is 2.78. The van der Waals surface area contributed by atoms with Gasteiger partial charge in [-0.2, -0.15) is 57.1 Å². The summed E-state index contributed by atoms with van der Waals surface area (Å²) >= 11 is 0. The molecule has 2 aromatic rings. The Hall–Kier alpha value is -2.51. The lowest BCUT2D eigenvalue weighted by Crippen LogP contribution is -2.70. The number of methoxy groups -OCH3 is 1. The Kier molecular flexibility index (Phi) is 7.52. The van der Waals surface area contributed by atoms with E-state index in [1.807, 2.05) is 0 Å². The number of rotatable bonds is 9. The molecule has 14 heteroatoms. The first kappa shape index (κ1) is 29.7. The number of hydrogen-bond donors (Lipinski definition) is 0. The van der Waals surface area contributed by atoms with Crippen LogP contribution in [0.25, 0.3) is 11.1 Å². The molecule has 0 aromatic heterocycles. The van der Waals surface area contributed by atoms with Crippen molar-refractivity contribution < 1.29 is 61.8 Å². The number of hydrogen-bond acceptors (Lipinski definition) is 1. The molecule has 36 heavy (non-hydrogen) atoms. The molecule has 0 heterocycles. The minimum absolute atomic E-state index is 0.337. The zero-order valence-corrected chi connectivity index (χ0v) is 18.2. The van der Waals surface area contributed by atoms with Gasteiger partial charge in [0.15, 0.2) is 0 Å². The van der Waals surface area contributed by atoms with Gasteiger partial charge in [-0.15, -0.1) is 0 Å². The first-order valence-corrected chi connectivity index (χ1v) is 9.76. The summed E-state index contributed by atoms with van der Waals surface area (Å²) in [4.78, 5) is 0. The van der Waals surface area contributed by atoms with Crippen molar-refractivity contribution >= 4 is 0 Å². The maximum absolute atomic E-state index is 14.5. The van der Waals surface area contributed by atoms with Crippen molar-refractivity contribution in [1.29, 1.82) is 0 Å². The van der Waals surface area contributed by atoms with Crippen LogP contribution in [0.15, 0.2) is 54.6 Å². The van der Waals surface area contributed by atoms with Gasteiger partial charge in [0, 0.05) is 7.11 Å². The molecule has 1 unspecified atom stereocenters. The minimum Gasteiger partial charge on any atom is -0.374 e. The second-order valence-electron chi connectivity index (χ2n) is 8.05. The van der Waals surface area contributed by atoms with Crippen LogP contribution >= 0.6 is 0 Å². The van der Waals surface area contributed by atoms with Crippen molar-refractivity contribution in [3.8, 4) is 11.1 Å². The molecule has 0 fully saturated rings. The van der Waals surface area contributed by atoms with Crippen LogP contribution in [0.4, 0.5) is 57.1 Å². The van der Waals surface area contributed by atoms with E-state index in [0.29, 0.717) is 25.2 Å². The second-order valence-corrected chi connectivity index (χ2v) is 8.05. The highest BCUT2D eigenvalue weighted by Gasteiger charge is 2.90. The Bertz CT molecular complexity index is 1030. The van der Waals surface area contributed by atoms with Crippen molar-refractivity contribution in [1.82, 2.24) is 0 Å². The Labute approximate surface area is 195 Å². The molecule has 0 aliphatic rings. The SMILES string of the molecule is COC(C)(CC(F)(F)C(F)(F)C(F)(F)C(F)(F)C(F)(F)C(F)(F)F)c1ccc(-c2ccccc2)cc1. The summed E-state index contributed by atoms with van der Waals surface area (Å²) in [6.07, 6.45) is -9.94. The van der Waals surface area contributed by atoms with E-state index in [2.05, 4.69) is 0 Å². The van der Waals surface area contributed by atoms with Gasteiger partial charge in [-0.1, -0.05) is 54.6 Å². The zero-order valence-electron chi connectivity index (χ0n) is 18.2. The molecular weight excluding hydrogens is 527 g/mol. The maximum Gasteiger partial charge on any atom is 0.460 e. The summed E-state index contributed by atoms with van der Waals surface area (Å²) in [5.41, 5.74) is -1.81. The van der Waals surface area contributed by atoms with Crippen LogP contribution in [0.2, 0.25) is 0 Å². The topological polar surface area (TPSA) is 9.23 Å². The molecule has 0 saturated carbocycles. The summed E-state index contributed by atoms with van der Waals surface area (Å²) in [6, 6.07) is 13.1. The third-order valence-electron chi connectivity index (χ3n) is 5.61. The Morgan fingerprint density at radius 2 is 0.972 bits per heavy atom. The van der Waals surface area contributed by atoms with Crippen LogP contribution in [0, 0.1) is 0 Å². The lowest BCUT2D eigenvalue weighted by atomic mass is 9.83. The average molecular weight is 544 g/mol. The van der Waals surface area contributed by atoms with Crippen molar-refractivity contribution in [3.05, 3.63) is 60.2 Å². The van der Waals surface area contributed by atoms with Gasteiger partial charge in [0.1, 0.15) is 0 Å². The second kappa shape index (κ2) is 9.10. The minimum atomic E-state index is -7.94. The highest BCUT2D eigenvalue weighted by Crippen LogP contribution is 2.61. The lowest BCUT2D eigenvalue weighted by molar-refractivity contribution is -0.441. The number of ether oxygens (including phenoxy) is 1. The van der Waals surface area contributed by atoms with Crippen molar-refractivity contribution in [3.63, 3.8) is 0 Å². The molecule has 0 N–H and O–H groups in total. The summed E-state index contributed by atoms with van der Waals surface area (Å²) in [5, 5.41) is 0. The van der Waals surface area contributed by atoms with Crippen LogP contribution in [0.3, 0.4) is 0 Å². The van der Waals surface area contributed by atoms with Gasteiger partial charge in [-0.3, -0.25) is 0 Å². The van der Waals surface area contributed by atoms with Gasteiger partial charge in [-0.25, -0.2) is 0 Å². The van der Waals surface area contributed by atoms with Gasteiger partial charge >= 0.3 is 35.8 Å². The fourth-order valence-electron chi connectivity index (χ4n) is 3.27. The Morgan fingerprint density at radius 3 is 1.39 bits per heavy atom. The maximum atomic E-state index is 14.5. The number of benzene rings is 2. The van der Waals surface area contributed by atoms with Crippen molar-refractivity contribution in [2.75, 3.05) is 7.11 Å². The molecule has 0 saturated heterocycles. The van der Waals surface area contributed by atoms with E-state index in [-0.39, 0.29) is 5.56 Å². The van der Waals surface area contributed by atoms with Crippen LogP contribution in [-0.2, 0) is 10.3 Å². The van der Waals surface area contributed by atoms with E-state index in [1.165, 1.54) is 12.1 Å². The molecule has 0 aliphatic carbocycles. The van der Waals surface area contributed by atoms with E-state index >= 15 is 0 Å². The molecule has 2 aromatic carbocycles. The van der Waals surface area contributed by atoms with Gasteiger partial charge in [0.25, 0.3) is 0 Å². The predicted molar refractivity (Wildman–Crippen MR) is 102 cm³/mol. The number of halogens is 13. The van der Waals surface area contributed by atoms with Crippen molar-refractivity contribution in [2.24, 2.45) is 0 Å². The molecule has 0 amide bonds. The molecule has 2 rings (SSSR count). The van der Waals surface area contributed by atoms with E-state index in [0.717, 1.165) is 12.1 Å². The predicted octanol–water partition coefficient (Wildman–Crippen LogP) is 8.34. The highest BCUT2D eigenvalue weighted by molar-refractivity contribution is 5.63. The third-order valence-corrected chi connectivity index (χ3v) is 5.61. The van der Waals surface area contributed by atoms with E-state index in [1.54, 1.807) is 30.3 Å². The van der Waals surface area contributed by atoms with Crippen LogP contribution in [0.1, 0.15) is 18.9 Å². The molecule has 202 valence electrons. The Morgan fingerprint density at radius 1 is 0.556 bits per heavy atom. The first-order valence-electron chi connectivity index (χ1n) is 9.76. The van der Waals surface area contributed by atoms with E-state index in [4.69, 9.17) is 4.74 Å². The highest BCUT2D eigenvalue weighted by atomic mass is 19.4. The van der Waals surface area contributed by atoms with Crippen LogP contribution < -0.4 is 0 Å². The first-order chi connectivity index (χ1) is 16.1. The summed E-state index contributed by atoms with van der Waals surface area (Å²) in [6.45, 7) is 0.690.